The third-order valence-electron chi connectivity index (χ3n) is 2.15. The second-order valence-corrected chi connectivity index (χ2v) is 4.46. The molecule has 7 nitrogen and oxygen atoms in total. The Morgan fingerprint density at radius 2 is 2.35 bits per heavy atom. The van der Waals surface area contributed by atoms with Crippen molar-refractivity contribution in [2.24, 2.45) is 7.05 Å². The molecule has 0 fully saturated rings. The maximum Gasteiger partial charge on any atom is 0.343 e. The van der Waals surface area contributed by atoms with Gasteiger partial charge in [-0.25, -0.2) is 9.89 Å². The highest BCUT2D eigenvalue weighted by molar-refractivity contribution is 7.98. The van der Waals surface area contributed by atoms with Crippen LogP contribution in [0, 0.1) is 0 Å². The molecular weight excluding hydrogens is 242 g/mol. The van der Waals surface area contributed by atoms with Gasteiger partial charge < -0.3 is 4.52 Å². The highest BCUT2D eigenvalue weighted by Crippen LogP contribution is 2.17. The van der Waals surface area contributed by atoms with Crippen LogP contribution in [0.5, 0.6) is 0 Å². The number of rotatable bonds is 5. The van der Waals surface area contributed by atoms with E-state index in [1.54, 1.807) is 7.05 Å². The number of nitrogens with zero attached hydrogens (tertiary/aromatic N) is 4. The summed E-state index contributed by atoms with van der Waals surface area (Å²) in [4.78, 5) is 15.3. The van der Waals surface area contributed by atoms with Gasteiger partial charge in [-0.3, -0.25) is 4.57 Å². The van der Waals surface area contributed by atoms with Crippen molar-refractivity contribution in [1.29, 1.82) is 0 Å². The number of aryl methyl sites for hydroxylation is 1. The van der Waals surface area contributed by atoms with Gasteiger partial charge in [0.25, 0.3) is 0 Å². The molecule has 0 unspecified atom stereocenters. The van der Waals surface area contributed by atoms with E-state index in [0.29, 0.717) is 16.8 Å². The predicted molar refractivity (Wildman–Crippen MR) is 61.7 cm³/mol. The van der Waals surface area contributed by atoms with Crippen LogP contribution in [0.2, 0.25) is 0 Å². The minimum absolute atomic E-state index is 0.232. The van der Waals surface area contributed by atoms with E-state index in [1.807, 2.05) is 0 Å². The minimum Gasteiger partial charge on any atom is -0.338 e. The van der Waals surface area contributed by atoms with Crippen LogP contribution in [-0.4, -0.2) is 24.9 Å². The van der Waals surface area contributed by atoms with Gasteiger partial charge in [-0.15, -0.1) is 5.10 Å². The number of hydrogen-bond acceptors (Lipinski definition) is 6. The predicted octanol–water partition coefficient (Wildman–Crippen LogP) is 0.736. The van der Waals surface area contributed by atoms with Gasteiger partial charge in [0.2, 0.25) is 5.89 Å². The summed E-state index contributed by atoms with van der Waals surface area (Å²) in [5.41, 5.74) is -0.232. The van der Waals surface area contributed by atoms with E-state index in [4.69, 9.17) is 4.52 Å². The summed E-state index contributed by atoms with van der Waals surface area (Å²) in [5, 5.41) is 10.7. The SMILES string of the molecule is CCCc1noc(CSc2n[nH]c(=O)n2C)n1. The van der Waals surface area contributed by atoms with Crippen molar-refractivity contribution < 1.29 is 4.52 Å². The summed E-state index contributed by atoms with van der Waals surface area (Å²) in [5.74, 6) is 1.78. The molecule has 0 amide bonds. The Labute approximate surface area is 102 Å². The Morgan fingerprint density at radius 1 is 1.53 bits per heavy atom. The van der Waals surface area contributed by atoms with E-state index < -0.39 is 0 Å². The van der Waals surface area contributed by atoms with Crippen molar-refractivity contribution in [3.63, 3.8) is 0 Å². The van der Waals surface area contributed by atoms with Crippen LogP contribution in [0.25, 0.3) is 0 Å². The van der Waals surface area contributed by atoms with Crippen molar-refractivity contribution in [3.8, 4) is 0 Å². The lowest BCUT2D eigenvalue weighted by molar-refractivity contribution is 0.384. The van der Waals surface area contributed by atoms with Crippen LogP contribution < -0.4 is 5.69 Å². The van der Waals surface area contributed by atoms with E-state index >= 15 is 0 Å². The van der Waals surface area contributed by atoms with Gasteiger partial charge in [0, 0.05) is 13.5 Å². The van der Waals surface area contributed by atoms with Gasteiger partial charge in [0.15, 0.2) is 11.0 Å². The monoisotopic (exact) mass is 255 g/mol. The molecular formula is C9H13N5O2S. The van der Waals surface area contributed by atoms with Crippen LogP contribution in [0.3, 0.4) is 0 Å². The van der Waals surface area contributed by atoms with Crippen LogP contribution in [0.1, 0.15) is 25.1 Å². The molecule has 0 saturated carbocycles. The Kier molecular flexibility index (Phi) is 3.62. The molecule has 0 atom stereocenters. The van der Waals surface area contributed by atoms with Gasteiger partial charge in [0.05, 0.1) is 5.75 Å². The van der Waals surface area contributed by atoms with Crippen LogP contribution >= 0.6 is 11.8 Å². The second kappa shape index (κ2) is 5.17. The van der Waals surface area contributed by atoms with Crippen molar-refractivity contribution in [2.75, 3.05) is 0 Å². The zero-order valence-electron chi connectivity index (χ0n) is 9.63. The third kappa shape index (κ3) is 2.76. The van der Waals surface area contributed by atoms with E-state index in [2.05, 4.69) is 27.3 Å². The first-order valence-electron chi connectivity index (χ1n) is 5.26. The number of nitrogens with one attached hydrogen (secondary N) is 1. The fourth-order valence-electron chi connectivity index (χ4n) is 1.26. The maximum atomic E-state index is 11.1. The van der Waals surface area contributed by atoms with Crippen LogP contribution in [0.15, 0.2) is 14.5 Å². The first kappa shape index (κ1) is 11.9. The molecule has 17 heavy (non-hydrogen) atoms. The molecule has 2 aromatic heterocycles. The summed E-state index contributed by atoms with van der Waals surface area (Å²) >= 11 is 1.38. The molecule has 2 aromatic rings. The Balaban J connectivity index is 1.97. The summed E-state index contributed by atoms with van der Waals surface area (Å²) in [6, 6.07) is 0. The van der Waals surface area contributed by atoms with Gasteiger partial charge in [-0.1, -0.05) is 23.8 Å². The zero-order valence-corrected chi connectivity index (χ0v) is 10.5. The van der Waals surface area contributed by atoms with Crippen molar-refractivity contribution >= 4 is 11.8 Å². The van der Waals surface area contributed by atoms with Gasteiger partial charge in [-0.2, -0.15) is 4.98 Å². The van der Waals surface area contributed by atoms with Crippen molar-refractivity contribution in [2.45, 2.75) is 30.7 Å². The summed E-state index contributed by atoms with van der Waals surface area (Å²) in [6.45, 7) is 2.06. The van der Waals surface area contributed by atoms with Crippen molar-refractivity contribution in [3.05, 3.63) is 22.2 Å². The minimum atomic E-state index is -0.232. The number of thioether (sulfide) groups is 1. The van der Waals surface area contributed by atoms with E-state index in [-0.39, 0.29) is 5.69 Å². The lowest BCUT2D eigenvalue weighted by Gasteiger charge is -1.94. The number of hydrogen-bond donors (Lipinski definition) is 1. The summed E-state index contributed by atoms with van der Waals surface area (Å²) < 4.78 is 6.52. The normalized spacial score (nSPS) is 10.9. The number of H-pyrrole nitrogens is 1. The average molecular weight is 255 g/mol. The van der Waals surface area contributed by atoms with Gasteiger partial charge in [0.1, 0.15) is 0 Å². The Morgan fingerprint density at radius 3 is 3.00 bits per heavy atom. The fraction of sp³-hybridized carbons (Fsp3) is 0.556. The molecule has 2 heterocycles. The molecule has 0 radical (unpaired) electrons. The van der Waals surface area contributed by atoms with E-state index in [9.17, 15) is 4.79 Å². The lowest BCUT2D eigenvalue weighted by atomic mass is 10.3. The summed E-state index contributed by atoms with van der Waals surface area (Å²) in [7, 11) is 1.66. The first-order chi connectivity index (χ1) is 8.20. The topological polar surface area (TPSA) is 89.6 Å². The van der Waals surface area contributed by atoms with Gasteiger partial charge in [-0.05, 0) is 6.42 Å². The van der Waals surface area contributed by atoms with Crippen LogP contribution in [0.4, 0.5) is 0 Å². The third-order valence-corrected chi connectivity index (χ3v) is 3.16. The molecule has 2 rings (SSSR count). The standard InChI is InChI=1S/C9H13N5O2S/c1-3-4-6-10-7(16-13-6)5-17-9-12-11-8(15)14(9)2/h3-5H2,1-2H3,(H,11,15). The lowest BCUT2D eigenvalue weighted by Crippen LogP contribution is -2.12. The zero-order chi connectivity index (χ0) is 12.3. The number of aromatic nitrogens is 5. The maximum absolute atomic E-state index is 11.1. The first-order valence-corrected chi connectivity index (χ1v) is 6.25. The van der Waals surface area contributed by atoms with Crippen LogP contribution in [-0.2, 0) is 19.2 Å². The van der Waals surface area contributed by atoms with E-state index in [0.717, 1.165) is 18.7 Å². The summed E-state index contributed by atoms with van der Waals surface area (Å²) in [6.07, 6.45) is 1.80. The molecule has 0 aromatic carbocycles. The molecule has 0 spiro atoms. The highest BCUT2D eigenvalue weighted by Gasteiger charge is 2.09. The molecule has 8 heteroatoms. The molecule has 0 aliphatic carbocycles. The highest BCUT2D eigenvalue weighted by atomic mass is 32.2. The van der Waals surface area contributed by atoms with Gasteiger partial charge >= 0.3 is 5.69 Å². The Hall–Kier alpha value is -1.57. The molecule has 0 saturated heterocycles. The van der Waals surface area contributed by atoms with E-state index in [1.165, 1.54) is 16.3 Å². The smallest absolute Gasteiger partial charge is 0.338 e. The largest absolute Gasteiger partial charge is 0.343 e. The van der Waals surface area contributed by atoms with Crippen molar-refractivity contribution in [1.82, 2.24) is 24.9 Å². The molecule has 0 aliphatic heterocycles. The second-order valence-electron chi connectivity index (χ2n) is 3.51. The quantitative estimate of drug-likeness (QED) is 0.792. The molecule has 92 valence electrons. The Bertz CT molecular complexity index is 544. The number of aromatic amines is 1. The molecule has 1 N–H and O–H groups in total. The average Bonchev–Trinajstić information content (AvgIpc) is 2.87. The molecule has 0 bridgehead atoms. The molecule has 0 aliphatic rings. The fourth-order valence-corrected chi connectivity index (χ4v) is 2.02.